The molecule has 1 unspecified atom stereocenters. The Balaban J connectivity index is 2.08. The van der Waals surface area contributed by atoms with Crippen molar-refractivity contribution in [2.45, 2.75) is 39.0 Å². The predicted octanol–water partition coefficient (Wildman–Crippen LogP) is 1.69. The summed E-state index contributed by atoms with van der Waals surface area (Å²) in [5.41, 5.74) is 6.76. The first kappa shape index (κ1) is 9.71. The van der Waals surface area contributed by atoms with Crippen molar-refractivity contribution >= 4 is 0 Å². The molecule has 0 fully saturated rings. The Hall–Kier alpha value is -0.830. The topological polar surface area (TPSA) is 52.0 Å². The lowest BCUT2D eigenvalue weighted by molar-refractivity contribution is 0.412. The third kappa shape index (κ3) is 1.98. The zero-order chi connectivity index (χ0) is 9.97. The number of hydrogen-bond donors (Lipinski definition) is 1. The van der Waals surface area contributed by atoms with Gasteiger partial charge in [0, 0.05) is 12.8 Å². The van der Waals surface area contributed by atoms with E-state index in [4.69, 9.17) is 10.2 Å². The number of nitrogens with two attached hydrogens (primary N) is 1. The normalized spacial score (nSPS) is 17.9. The monoisotopic (exact) mass is 194 g/mol. The average molecular weight is 194 g/mol. The number of aromatic nitrogens is 1. The van der Waals surface area contributed by atoms with Gasteiger partial charge in [0.2, 0.25) is 0 Å². The molecule has 1 atom stereocenters. The maximum Gasteiger partial charge on any atom is 0.194 e. The fourth-order valence-electron chi connectivity index (χ4n) is 1.87. The third-order valence-corrected chi connectivity index (χ3v) is 2.82. The lowest BCUT2D eigenvalue weighted by Crippen LogP contribution is -2.13. The summed E-state index contributed by atoms with van der Waals surface area (Å²) in [7, 11) is 0. The van der Waals surface area contributed by atoms with Gasteiger partial charge in [-0.2, -0.15) is 0 Å². The molecule has 0 amide bonds. The van der Waals surface area contributed by atoms with E-state index in [9.17, 15) is 0 Å². The molecule has 3 nitrogen and oxygen atoms in total. The van der Waals surface area contributed by atoms with E-state index in [0.29, 0.717) is 12.5 Å². The van der Waals surface area contributed by atoms with Gasteiger partial charge in [0.25, 0.3) is 0 Å². The number of fused-ring (bicyclic) bond motifs is 1. The molecule has 0 aromatic carbocycles. The van der Waals surface area contributed by atoms with Gasteiger partial charge in [0.15, 0.2) is 5.89 Å². The van der Waals surface area contributed by atoms with Gasteiger partial charge in [0.05, 0.1) is 5.69 Å². The Bertz CT molecular complexity index is 283. The van der Waals surface area contributed by atoms with E-state index in [1.807, 2.05) is 0 Å². The minimum Gasteiger partial charge on any atom is -0.445 e. The Morgan fingerprint density at radius 3 is 2.93 bits per heavy atom. The zero-order valence-corrected chi connectivity index (χ0v) is 8.75. The summed E-state index contributed by atoms with van der Waals surface area (Å²) < 4.78 is 5.71. The Morgan fingerprint density at radius 1 is 1.43 bits per heavy atom. The van der Waals surface area contributed by atoms with Gasteiger partial charge in [-0.15, -0.1) is 0 Å². The van der Waals surface area contributed by atoms with Gasteiger partial charge >= 0.3 is 0 Å². The first-order chi connectivity index (χ1) is 6.79. The van der Waals surface area contributed by atoms with E-state index >= 15 is 0 Å². The van der Waals surface area contributed by atoms with Crippen LogP contribution in [0.5, 0.6) is 0 Å². The van der Waals surface area contributed by atoms with Gasteiger partial charge in [-0.25, -0.2) is 4.98 Å². The van der Waals surface area contributed by atoms with Crippen molar-refractivity contribution in [3.63, 3.8) is 0 Å². The van der Waals surface area contributed by atoms with Crippen molar-refractivity contribution < 1.29 is 4.42 Å². The second kappa shape index (κ2) is 4.13. The summed E-state index contributed by atoms with van der Waals surface area (Å²) >= 11 is 0. The molecule has 0 radical (unpaired) electrons. The molecule has 0 saturated carbocycles. The maximum absolute atomic E-state index is 5.71. The highest BCUT2D eigenvalue weighted by Crippen LogP contribution is 2.22. The van der Waals surface area contributed by atoms with Crippen LogP contribution >= 0.6 is 0 Å². The summed E-state index contributed by atoms with van der Waals surface area (Å²) in [6, 6.07) is 0. The molecule has 0 aliphatic heterocycles. The predicted molar refractivity (Wildman–Crippen MR) is 55.1 cm³/mol. The standard InChI is InChI=1S/C11H18N2O/c1-8(7-12)6-11-13-9-4-2-3-5-10(9)14-11/h8H,2-7,12H2,1H3. The van der Waals surface area contributed by atoms with Crippen LogP contribution in [0, 0.1) is 5.92 Å². The molecule has 1 aromatic heterocycles. The molecule has 1 aliphatic carbocycles. The first-order valence-corrected chi connectivity index (χ1v) is 5.47. The molecule has 2 rings (SSSR count). The molecule has 2 N–H and O–H groups in total. The van der Waals surface area contributed by atoms with Crippen LogP contribution < -0.4 is 5.73 Å². The molecule has 0 spiro atoms. The number of nitrogens with zero attached hydrogens (tertiary/aromatic N) is 1. The highest BCUT2D eigenvalue weighted by atomic mass is 16.4. The van der Waals surface area contributed by atoms with Crippen LogP contribution in [0.25, 0.3) is 0 Å². The van der Waals surface area contributed by atoms with Gasteiger partial charge in [0.1, 0.15) is 5.76 Å². The van der Waals surface area contributed by atoms with Crippen LogP contribution in [-0.2, 0) is 19.3 Å². The van der Waals surface area contributed by atoms with Crippen LogP contribution in [0.3, 0.4) is 0 Å². The zero-order valence-electron chi connectivity index (χ0n) is 8.75. The van der Waals surface area contributed by atoms with Gasteiger partial charge in [-0.3, -0.25) is 0 Å². The summed E-state index contributed by atoms with van der Waals surface area (Å²) in [6.45, 7) is 2.83. The average Bonchev–Trinajstić information content (AvgIpc) is 2.59. The van der Waals surface area contributed by atoms with Gasteiger partial charge in [-0.1, -0.05) is 6.92 Å². The van der Waals surface area contributed by atoms with E-state index in [2.05, 4.69) is 11.9 Å². The second-order valence-corrected chi connectivity index (χ2v) is 4.23. The number of aryl methyl sites for hydroxylation is 2. The molecule has 1 heterocycles. The van der Waals surface area contributed by atoms with E-state index < -0.39 is 0 Å². The van der Waals surface area contributed by atoms with Crippen molar-refractivity contribution in [3.8, 4) is 0 Å². The fourth-order valence-corrected chi connectivity index (χ4v) is 1.87. The van der Waals surface area contributed by atoms with Crippen molar-refractivity contribution in [3.05, 3.63) is 17.3 Å². The van der Waals surface area contributed by atoms with Crippen molar-refractivity contribution in [2.24, 2.45) is 11.7 Å². The van der Waals surface area contributed by atoms with Crippen molar-refractivity contribution in [1.82, 2.24) is 4.98 Å². The van der Waals surface area contributed by atoms with E-state index in [0.717, 1.165) is 30.9 Å². The van der Waals surface area contributed by atoms with E-state index in [1.54, 1.807) is 0 Å². The highest BCUT2D eigenvalue weighted by Gasteiger charge is 2.17. The summed E-state index contributed by atoms with van der Waals surface area (Å²) in [6.07, 6.45) is 5.54. The summed E-state index contributed by atoms with van der Waals surface area (Å²) in [5, 5.41) is 0. The Kier molecular flexibility index (Phi) is 2.87. The minimum absolute atomic E-state index is 0.468. The minimum atomic E-state index is 0.468. The molecule has 1 aliphatic rings. The molecule has 14 heavy (non-hydrogen) atoms. The quantitative estimate of drug-likeness (QED) is 0.796. The van der Waals surface area contributed by atoms with E-state index in [-0.39, 0.29) is 0 Å². The number of hydrogen-bond acceptors (Lipinski definition) is 3. The Labute approximate surface area is 84.7 Å². The van der Waals surface area contributed by atoms with Crippen molar-refractivity contribution in [2.75, 3.05) is 6.54 Å². The molecular weight excluding hydrogens is 176 g/mol. The largest absolute Gasteiger partial charge is 0.445 e. The first-order valence-electron chi connectivity index (χ1n) is 5.47. The lowest BCUT2D eigenvalue weighted by atomic mass is 10.0. The molecule has 0 saturated heterocycles. The molecule has 1 aromatic rings. The fraction of sp³-hybridized carbons (Fsp3) is 0.727. The van der Waals surface area contributed by atoms with Crippen molar-refractivity contribution in [1.29, 1.82) is 0 Å². The van der Waals surface area contributed by atoms with Crippen LogP contribution in [0.1, 0.15) is 37.1 Å². The van der Waals surface area contributed by atoms with Gasteiger partial charge in [-0.05, 0) is 31.7 Å². The van der Waals surface area contributed by atoms with E-state index in [1.165, 1.54) is 18.5 Å². The molecular formula is C11H18N2O. The van der Waals surface area contributed by atoms with Gasteiger partial charge < -0.3 is 10.2 Å². The van der Waals surface area contributed by atoms with Crippen LogP contribution in [0.4, 0.5) is 0 Å². The smallest absolute Gasteiger partial charge is 0.194 e. The summed E-state index contributed by atoms with van der Waals surface area (Å²) in [5.74, 6) is 2.47. The summed E-state index contributed by atoms with van der Waals surface area (Å²) in [4.78, 5) is 4.52. The number of rotatable bonds is 3. The number of oxazole rings is 1. The maximum atomic E-state index is 5.71. The molecule has 3 heteroatoms. The lowest BCUT2D eigenvalue weighted by Gasteiger charge is -2.05. The van der Waals surface area contributed by atoms with Crippen LogP contribution in [-0.4, -0.2) is 11.5 Å². The molecule has 0 bridgehead atoms. The Morgan fingerprint density at radius 2 is 2.21 bits per heavy atom. The second-order valence-electron chi connectivity index (χ2n) is 4.23. The van der Waals surface area contributed by atoms with Crippen LogP contribution in [0.2, 0.25) is 0 Å². The third-order valence-electron chi connectivity index (χ3n) is 2.82. The molecule has 78 valence electrons. The SMILES string of the molecule is CC(CN)Cc1nc2c(o1)CCCC2. The highest BCUT2D eigenvalue weighted by molar-refractivity contribution is 5.13. The van der Waals surface area contributed by atoms with Crippen LogP contribution in [0.15, 0.2) is 4.42 Å².